The van der Waals surface area contributed by atoms with Crippen molar-refractivity contribution in [3.8, 4) is 0 Å². The fourth-order valence-corrected chi connectivity index (χ4v) is 1.15. The lowest BCUT2D eigenvalue weighted by Crippen LogP contribution is -2.27. The maximum Gasteiger partial charge on any atom is 0.330 e. The average Bonchev–Trinajstić information content (AvgIpc) is 2.47. The molecule has 6 nitrogen and oxygen atoms in total. The van der Waals surface area contributed by atoms with Crippen molar-refractivity contribution in [3.05, 3.63) is 12.7 Å². The monoisotopic (exact) mass is 300 g/mol. The first-order chi connectivity index (χ1) is 9.83. The molecule has 0 aliphatic rings. The minimum atomic E-state index is -0.529. The summed E-state index contributed by atoms with van der Waals surface area (Å²) < 4.78 is 14.6. The fraction of sp³-hybridized carbons (Fsp3) is 0.667. The number of hydrogen-bond acceptors (Lipinski definition) is 6. The zero-order valence-electron chi connectivity index (χ0n) is 13.0. The Labute approximate surface area is 125 Å². The lowest BCUT2D eigenvalue weighted by Gasteiger charge is -2.20. The second-order valence-corrected chi connectivity index (χ2v) is 5.07. The van der Waals surface area contributed by atoms with E-state index < -0.39 is 17.4 Å². The second-order valence-electron chi connectivity index (χ2n) is 5.07. The Morgan fingerprint density at radius 3 is 2.24 bits per heavy atom. The van der Waals surface area contributed by atoms with Crippen LogP contribution in [0.25, 0.3) is 0 Å². The number of carbonyl (C=O) groups is 3. The van der Waals surface area contributed by atoms with E-state index in [4.69, 9.17) is 14.2 Å². The maximum atomic E-state index is 11.6. The Hall–Kier alpha value is -1.85. The second kappa shape index (κ2) is 9.96. The van der Waals surface area contributed by atoms with Crippen LogP contribution in [-0.4, -0.2) is 37.7 Å². The molecule has 0 aromatic rings. The lowest BCUT2D eigenvalue weighted by molar-refractivity contribution is -0.159. The van der Waals surface area contributed by atoms with E-state index in [-0.39, 0.29) is 32.2 Å². The predicted molar refractivity (Wildman–Crippen MR) is 76.4 cm³/mol. The number of carbonyl (C=O) groups excluding carboxylic acids is 3. The lowest BCUT2D eigenvalue weighted by atomic mass is 9.91. The molecule has 120 valence electrons. The topological polar surface area (TPSA) is 78.9 Å². The molecule has 0 aliphatic heterocycles. The molecule has 0 heterocycles. The molecular weight excluding hydrogens is 276 g/mol. The summed E-state index contributed by atoms with van der Waals surface area (Å²) in [5.74, 6) is -1.25. The van der Waals surface area contributed by atoms with E-state index in [1.165, 1.54) is 0 Å². The van der Waals surface area contributed by atoms with Crippen LogP contribution in [0.5, 0.6) is 0 Å². The molecule has 0 aromatic heterocycles. The standard InChI is InChI=1S/C15H24O6/c1-5-12(16)19-9-7-8-13(17)20-10-11-21-14(18)15(3,4)6-2/h5H,1,6-11H2,2-4H3. The van der Waals surface area contributed by atoms with Crippen LogP contribution in [0.3, 0.4) is 0 Å². The van der Waals surface area contributed by atoms with Crippen LogP contribution in [0.15, 0.2) is 12.7 Å². The Morgan fingerprint density at radius 1 is 1.05 bits per heavy atom. The molecule has 0 aromatic carbocycles. The molecule has 0 spiro atoms. The van der Waals surface area contributed by atoms with Crippen LogP contribution in [0.2, 0.25) is 0 Å². The first kappa shape index (κ1) is 19.1. The van der Waals surface area contributed by atoms with Gasteiger partial charge < -0.3 is 14.2 Å². The number of hydrogen-bond donors (Lipinski definition) is 0. The average molecular weight is 300 g/mol. The summed E-state index contributed by atoms with van der Waals surface area (Å²) in [6.45, 7) is 8.96. The summed E-state index contributed by atoms with van der Waals surface area (Å²) in [6.07, 6.45) is 2.25. The molecule has 0 atom stereocenters. The summed E-state index contributed by atoms with van der Waals surface area (Å²) in [4.78, 5) is 33.7. The minimum Gasteiger partial charge on any atom is -0.463 e. The molecule has 21 heavy (non-hydrogen) atoms. The van der Waals surface area contributed by atoms with Gasteiger partial charge in [-0.2, -0.15) is 0 Å². The van der Waals surface area contributed by atoms with E-state index in [9.17, 15) is 14.4 Å². The third kappa shape index (κ3) is 8.83. The fourth-order valence-electron chi connectivity index (χ4n) is 1.15. The van der Waals surface area contributed by atoms with Crippen molar-refractivity contribution in [1.29, 1.82) is 0 Å². The van der Waals surface area contributed by atoms with Crippen LogP contribution in [-0.2, 0) is 28.6 Å². The first-order valence-electron chi connectivity index (χ1n) is 6.95. The van der Waals surface area contributed by atoms with E-state index in [0.29, 0.717) is 12.8 Å². The normalized spacial score (nSPS) is 10.6. The highest BCUT2D eigenvalue weighted by Crippen LogP contribution is 2.21. The molecule has 0 bridgehead atoms. The van der Waals surface area contributed by atoms with Crippen molar-refractivity contribution in [1.82, 2.24) is 0 Å². The Balaban J connectivity index is 3.65. The van der Waals surface area contributed by atoms with Crippen LogP contribution in [0.1, 0.15) is 40.0 Å². The van der Waals surface area contributed by atoms with Gasteiger partial charge >= 0.3 is 17.9 Å². The Bertz CT molecular complexity index is 372. The molecule has 0 amide bonds. The van der Waals surface area contributed by atoms with E-state index in [1.54, 1.807) is 13.8 Å². The summed E-state index contributed by atoms with van der Waals surface area (Å²) in [7, 11) is 0. The van der Waals surface area contributed by atoms with Crippen molar-refractivity contribution in [2.24, 2.45) is 5.41 Å². The van der Waals surface area contributed by atoms with Crippen molar-refractivity contribution >= 4 is 17.9 Å². The van der Waals surface area contributed by atoms with E-state index in [0.717, 1.165) is 6.08 Å². The van der Waals surface area contributed by atoms with E-state index in [1.807, 2.05) is 6.92 Å². The summed E-state index contributed by atoms with van der Waals surface area (Å²) in [5, 5.41) is 0. The van der Waals surface area contributed by atoms with Crippen LogP contribution in [0, 0.1) is 5.41 Å². The Morgan fingerprint density at radius 2 is 1.67 bits per heavy atom. The van der Waals surface area contributed by atoms with Gasteiger partial charge in [-0.1, -0.05) is 13.5 Å². The van der Waals surface area contributed by atoms with Gasteiger partial charge in [0.05, 0.1) is 12.0 Å². The highest BCUT2D eigenvalue weighted by atomic mass is 16.6. The third-order valence-corrected chi connectivity index (χ3v) is 2.95. The van der Waals surface area contributed by atoms with Gasteiger partial charge in [0.2, 0.25) is 0 Å². The summed E-state index contributed by atoms with van der Waals surface area (Å²) >= 11 is 0. The smallest absolute Gasteiger partial charge is 0.330 e. The molecule has 0 saturated carbocycles. The number of ether oxygens (including phenoxy) is 3. The third-order valence-electron chi connectivity index (χ3n) is 2.95. The molecular formula is C15H24O6. The van der Waals surface area contributed by atoms with Crippen molar-refractivity contribution < 1.29 is 28.6 Å². The summed E-state index contributed by atoms with van der Waals surface area (Å²) in [6, 6.07) is 0. The van der Waals surface area contributed by atoms with Gasteiger partial charge in [0, 0.05) is 12.5 Å². The molecule has 0 saturated heterocycles. The highest BCUT2D eigenvalue weighted by Gasteiger charge is 2.26. The van der Waals surface area contributed by atoms with Gasteiger partial charge in [-0.15, -0.1) is 0 Å². The molecule has 0 unspecified atom stereocenters. The van der Waals surface area contributed by atoms with Crippen molar-refractivity contribution in [2.75, 3.05) is 19.8 Å². The first-order valence-corrected chi connectivity index (χ1v) is 6.95. The number of rotatable bonds is 10. The molecule has 0 radical (unpaired) electrons. The summed E-state index contributed by atoms with van der Waals surface area (Å²) in [5.41, 5.74) is -0.529. The molecule has 0 N–H and O–H groups in total. The van der Waals surface area contributed by atoms with Gasteiger partial charge in [0.25, 0.3) is 0 Å². The van der Waals surface area contributed by atoms with Crippen LogP contribution in [0.4, 0.5) is 0 Å². The molecule has 0 aliphatic carbocycles. The quantitative estimate of drug-likeness (QED) is 0.266. The van der Waals surface area contributed by atoms with Crippen LogP contribution < -0.4 is 0 Å². The van der Waals surface area contributed by atoms with Gasteiger partial charge in [-0.3, -0.25) is 9.59 Å². The predicted octanol–water partition coefficient (Wildman–Crippen LogP) is 2.02. The van der Waals surface area contributed by atoms with E-state index in [2.05, 4.69) is 6.58 Å². The van der Waals surface area contributed by atoms with Gasteiger partial charge in [-0.05, 0) is 26.7 Å². The molecule has 0 fully saturated rings. The largest absolute Gasteiger partial charge is 0.463 e. The highest BCUT2D eigenvalue weighted by molar-refractivity contribution is 5.81. The van der Waals surface area contributed by atoms with Crippen molar-refractivity contribution in [3.63, 3.8) is 0 Å². The van der Waals surface area contributed by atoms with Crippen molar-refractivity contribution in [2.45, 2.75) is 40.0 Å². The Kier molecular flexibility index (Phi) is 9.08. The maximum absolute atomic E-state index is 11.6. The number of esters is 3. The van der Waals surface area contributed by atoms with Gasteiger partial charge in [0.1, 0.15) is 13.2 Å². The minimum absolute atomic E-state index is 0.0246. The SMILES string of the molecule is C=CC(=O)OCCCC(=O)OCCOC(=O)C(C)(C)CC. The molecule has 6 heteroatoms. The zero-order chi connectivity index (χ0) is 16.3. The van der Waals surface area contributed by atoms with Crippen LogP contribution >= 0.6 is 0 Å². The van der Waals surface area contributed by atoms with Gasteiger partial charge in [0.15, 0.2) is 0 Å². The zero-order valence-corrected chi connectivity index (χ0v) is 13.0. The molecule has 0 rings (SSSR count). The van der Waals surface area contributed by atoms with Gasteiger partial charge in [-0.25, -0.2) is 4.79 Å². The van der Waals surface area contributed by atoms with E-state index >= 15 is 0 Å².